The third kappa shape index (κ3) is 3.57. The summed E-state index contributed by atoms with van der Waals surface area (Å²) in [5.74, 6) is 0. The number of aryl methyl sites for hydroxylation is 2. The van der Waals surface area contributed by atoms with Crippen molar-refractivity contribution in [2.45, 2.75) is 66.1 Å². The minimum Gasteiger partial charge on any atom is -0.310 e. The lowest BCUT2D eigenvalue weighted by atomic mass is 9.91. The van der Waals surface area contributed by atoms with Gasteiger partial charge in [-0.05, 0) is 47.0 Å². The second kappa shape index (κ2) is 5.34. The van der Waals surface area contributed by atoms with E-state index in [0.29, 0.717) is 0 Å². The topological polar surface area (TPSA) is 53.6 Å². The minimum atomic E-state index is -0.279. The number of rotatable bonds is 6. The number of hydrogen-bond donors (Lipinski definition) is 1. The van der Waals surface area contributed by atoms with Crippen LogP contribution in [-0.2, 0) is 13.1 Å². The van der Waals surface area contributed by atoms with Gasteiger partial charge < -0.3 is 5.32 Å². The van der Waals surface area contributed by atoms with Crippen molar-refractivity contribution < 1.29 is 0 Å². The van der Waals surface area contributed by atoms with Crippen molar-refractivity contribution in [3.63, 3.8) is 0 Å². The molecule has 0 atom stereocenters. The van der Waals surface area contributed by atoms with Gasteiger partial charge in [-0.15, -0.1) is 0 Å². The zero-order valence-corrected chi connectivity index (χ0v) is 12.5. The van der Waals surface area contributed by atoms with Crippen LogP contribution in [0.2, 0.25) is 0 Å². The zero-order chi connectivity index (χ0) is 14.0. The van der Waals surface area contributed by atoms with Crippen LogP contribution >= 0.6 is 0 Å². The standard InChI is InChI=1S/C15H24N4/c1-11-14(9-17-13-5-6-13)12(2)19(18-11)8-7-15(3,4)10-16/h13,17H,5-9H2,1-4H3. The molecule has 1 saturated carbocycles. The number of nitriles is 1. The molecule has 19 heavy (non-hydrogen) atoms. The molecule has 2 rings (SSSR count). The van der Waals surface area contributed by atoms with E-state index in [1.54, 1.807) is 0 Å². The van der Waals surface area contributed by atoms with Crippen LogP contribution in [0.25, 0.3) is 0 Å². The van der Waals surface area contributed by atoms with Crippen LogP contribution in [-0.4, -0.2) is 15.8 Å². The molecule has 1 aromatic heterocycles. The Balaban J connectivity index is 2.01. The summed E-state index contributed by atoms with van der Waals surface area (Å²) in [5.41, 5.74) is 3.39. The van der Waals surface area contributed by atoms with E-state index in [2.05, 4.69) is 35.0 Å². The molecule has 1 aromatic rings. The molecule has 0 unspecified atom stereocenters. The van der Waals surface area contributed by atoms with Crippen LogP contribution in [0, 0.1) is 30.6 Å². The molecular formula is C15H24N4. The summed E-state index contributed by atoms with van der Waals surface area (Å²) in [4.78, 5) is 0. The summed E-state index contributed by atoms with van der Waals surface area (Å²) in [6.45, 7) is 9.90. The minimum absolute atomic E-state index is 0.279. The maximum Gasteiger partial charge on any atom is 0.0684 e. The van der Waals surface area contributed by atoms with E-state index in [1.807, 2.05) is 13.8 Å². The lowest BCUT2D eigenvalue weighted by molar-refractivity contribution is 0.395. The molecule has 0 amide bonds. The highest BCUT2D eigenvalue weighted by atomic mass is 15.3. The Morgan fingerprint density at radius 2 is 2.11 bits per heavy atom. The molecule has 0 radical (unpaired) electrons. The maximum atomic E-state index is 9.06. The van der Waals surface area contributed by atoms with Gasteiger partial charge in [0.25, 0.3) is 0 Å². The van der Waals surface area contributed by atoms with Gasteiger partial charge in [-0.2, -0.15) is 10.4 Å². The Bertz CT molecular complexity index is 489. The van der Waals surface area contributed by atoms with E-state index in [-0.39, 0.29) is 5.41 Å². The average Bonchev–Trinajstić information content (AvgIpc) is 3.14. The first-order chi connectivity index (χ1) is 8.93. The van der Waals surface area contributed by atoms with E-state index in [9.17, 15) is 0 Å². The third-order valence-electron chi connectivity index (χ3n) is 3.93. The smallest absolute Gasteiger partial charge is 0.0684 e. The molecular weight excluding hydrogens is 236 g/mol. The van der Waals surface area contributed by atoms with E-state index < -0.39 is 0 Å². The highest BCUT2D eigenvalue weighted by molar-refractivity contribution is 5.24. The van der Waals surface area contributed by atoms with E-state index >= 15 is 0 Å². The van der Waals surface area contributed by atoms with Crippen LogP contribution < -0.4 is 5.32 Å². The number of aromatic nitrogens is 2. The Morgan fingerprint density at radius 3 is 2.68 bits per heavy atom. The number of nitrogens with one attached hydrogen (secondary N) is 1. The fourth-order valence-electron chi connectivity index (χ4n) is 2.18. The first-order valence-electron chi connectivity index (χ1n) is 7.10. The Labute approximate surface area is 115 Å². The van der Waals surface area contributed by atoms with Crippen LogP contribution in [0.5, 0.6) is 0 Å². The second-order valence-electron chi connectivity index (χ2n) is 6.27. The molecule has 1 aliphatic rings. The summed E-state index contributed by atoms with van der Waals surface area (Å²) in [6.07, 6.45) is 3.45. The lowest BCUT2D eigenvalue weighted by Gasteiger charge is -2.15. The van der Waals surface area contributed by atoms with E-state index in [4.69, 9.17) is 5.26 Å². The van der Waals surface area contributed by atoms with Crippen molar-refractivity contribution >= 4 is 0 Å². The van der Waals surface area contributed by atoms with Crippen molar-refractivity contribution in [3.05, 3.63) is 17.0 Å². The van der Waals surface area contributed by atoms with Crippen molar-refractivity contribution in [2.24, 2.45) is 5.41 Å². The third-order valence-corrected chi connectivity index (χ3v) is 3.93. The molecule has 1 fully saturated rings. The molecule has 0 saturated heterocycles. The van der Waals surface area contributed by atoms with Crippen LogP contribution in [0.3, 0.4) is 0 Å². The fraction of sp³-hybridized carbons (Fsp3) is 0.733. The van der Waals surface area contributed by atoms with Crippen molar-refractivity contribution in [2.75, 3.05) is 0 Å². The molecule has 4 nitrogen and oxygen atoms in total. The van der Waals surface area contributed by atoms with Gasteiger partial charge >= 0.3 is 0 Å². The van der Waals surface area contributed by atoms with Crippen molar-refractivity contribution in [1.82, 2.24) is 15.1 Å². The SMILES string of the molecule is Cc1nn(CCC(C)(C)C#N)c(C)c1CNC1CC1. The molecule has 1 aliphatic carbocycles. The quantitative estimate of drug-likeness (QED) is 0.855. The van der Waals surface area contributed by atoms with Gasteiger partial charge in [-0.3, -0.25) is 4.68 Å². The Morgan fingerprint density at radius 1 is 1.42 bits per heavy atom. The summed E-state index contributed by atoms with van der Waals surface area (Å²) in [6, 6.07) is 3.07. The summed E-state index contributed by atoms with van der Waals surface area (Å²) in [7, 11) is 0. The van der Waals surface area contributed by atoms with E-state index in [0.717, 1.165) is 31.2 Å². The molecule has 0 aromatic carbocycles. The van der Waals surface area contributed by atoms with Crippen LogP contribution in [0.1, 0.15) is 50.1 Å². The van der Waals surface area contributed by atoms with Gasteiger partial charge in [0.15, 0.2) is 0 Å². The van der Waals surface area contributed by atoms with Crippen LogP contribution in [0.15, 0.2) is 0 Å². The van der Waals surface area contributed by atoms with Gasteiger partial charge in [0.2, 0.25) is 0 Å². The number of hydrogen-bond acceptors (Lipinski definition) is 3. The van der Waals surface area contributed by atoms with Gasteiger partial charge in [0.1, 0.15) is 0 Å². The average molecular weight is 260 g/mol. The van der Waals surface area contributed by atoms with Crippen molar-refractivity contribution in [1.29, 1.82) is 5.26 Å². The second-order valence-corrected chi connectivity index (χ2v) is 6.27. The Kier molecular flexibility index (Phi) is 3.96. The van der Waals surface area contributed by atoms with Crippen LogP contribution in [0.4, 0.5) is 0 Å². The van der Waals surface area contributed by atoms with Gasteiger partial charge in [0.05, 0.1) is 17.2 Å². The summed E-state index contributed by atoms with van der Waals surface area (Å²) in [5, 5.41) is 17.2. The first-order valence-corrected chi connectivity index (χ1v) is 7.10. The lowest BCUT2D eigenvalue weighted by Crippen LogP contribution is -2.17. The zero-order valence-electron chi connectivity index (χ0n) is 12.5. The predicted octanol–water partition coefficient (Wildman–Crippen LogP) is 2.69. The molecule has 1 heterocycles. The van der Waals surface area contributed by atoms with Gasteiger partial charge in [-0.25, -0.2) is 0 Å². The largest absolute Gasteiger partial charge is 0.310 e. The first kappa shape index (κ1) is 14.1. The normalized spacial score (nSPS) is 15.5. The molecule has 0 bridgehead atoms. The maximum absolute atomic E-state index is 9.06. The number of nitrogens with zero attached hydrogens (tertiary/aromatic N) is 3. The highest BCUT2D eigenvalue weighted by Crippen LogP contribution is 2.23. The summed E-state index contributed by atoms with van der Waals surface area (Å²) >= 11 is 0. The molecule has 0 spiro atoms. The van der Waals surface area contributed by atoms with Gasteiger partial charge in [-0.1, -0.05) is 0 Å². The monoisotopic (exact) mass is 260 g/mol. The molecule has 4 heteroatoms. The predicted molar refractivity (Wildman–Crippen MR) is 75.6 cm³/mol. The molecule has 104 valence electrons. The molecule has 0 aliphatic heterocycles. The Hall–Kier alpha value is -1.34. The molecule has 1 N–H and O–H groups in total. The van der Waals surface area contributed by atoms with E-state index in [1.165, 1.54) is 24.1 Å². The fourth-order valence-corrected chi connectivity index (χ4v) is 2.18. The highest BCUT2D eigenvalue weighted by Gasteiger charge is 2.22. The summed E-state index contributed by atoms with van der Waals surface area (Å²) < 4.78 is 2.05. The van der Waals surface area contributed by atoms with Crippen molar-refractivity contribution in [3.8, 4) is 6.07 Å². The van der Waals surface area contributed by atoms with Gasteiger partial charge in [0, 0.05) is 30.4 Å².